The Hall–Kier alpha value is -8.45. The number of hydrogen-bond acceptors (Lipinski definition) is 0. The van der Waals surface area contributed by atoms with Crippen LogP contribution in [0.4, 0.5) is 17.6 Å². The summed E-state index contributed by atoms with van der Waals surface area (Å²) in [6.07, 6.45) is 15.2. The third-order valence-corrected chi connectivity index (χ3v) is 21.5. The van der Waals surface area contributed by atoms with E-state index in [0.29, 0.717) is 36.0 Å². The summed E-state index contributed by atoms with van der Waals surface area (Å²) in [6, 6.07) is 86.9. The van der Waals surface area contributed by atoms with Crippen LogP contribution in [0.15, 0.2) is 273 Å². The van der Waals surface area contributed by atoms with Crippen molar-refractivity contribution >= 4 is 45.7 Å². The summed E-state index contributed by atoms with van der Waals surface area (Å²) in [6.45, 7) is 72.6. The third kappa shape index (κ3) is 71.1. The van der Waals surface area contributed by atoms with Gasteiger partial charge < -0.3 is 4.98 Å². The average Bonchev–Trinajstić information content (AvgIpc) is 1.69. The van der Waals surface area contributed by atoms with Crippen molar-refractivity contribution in [2.45, 2.75) is 306 Å². The summed E-state index contributed by atoms with van der Waals surface area (Å²) in [5.74, 6) is 9.65. The van der Waals surface area contributed by atoms with Gasteiger partial charge in [-0.15, -0.1) is 0 Å². The molecule has 12 rings (SSSR count). The average molecular weight is 1920 g/mol. The number of fused-ring (bicyclic) bond motifs is 1. The van der Waals surface area contributed by atoms with Crippen LogP contribution in [0.25, 0.3) is 10.9 Å². The number of H-pyrrole nitrogens is 1. The minimum Gasteiger partial charge on any atom is -0.361 e. The molecule has 8 heteroatoms. The lowest BCUT2D eigenvalue weighted by Crippen LogP contribution is -1.96. The van der Waals surface area contributed by atoms with Gasteiger partial charge in [-0.05, 0) is 315 Å². The Labute approximate surface area is 845 Å². The molecular weight excluding hydrogens is 1730 g/mol. The van der Waals surface area contributed by atoms with Crippen LogP contribution in [-0.4, -0.2) is 4.98 Å². The minimum atomic E-state index is -0.495. The normalized spacial score (nSPS) is 10.7. The van der Waals surface area contributed by atoms with Crippen LogP contribution in [-0.2, 0) is 70.6 Å². The van der Waals surface area contributed by atoms with E-state index in [-0.39, 0.29) is 11.6 Å². The van der Waals surface area contributed by atoms with E-state index in [9.17, 15) is 17.6 Å². The number of benzene rings is 11. The lowest BCUT2D eigenvalue weighted by atomic mass is 10.0. The molecule has 0 aliphatic rings. The van der Waals surface area contributed by atoms with Gasteiger partial charge in [0.05, 0.1) is 0 Å². The molecular formula is C128H184Cl3F4N. The van der Waals surface area contributed by atoms with Crippen LogP contribution >= 0.6 is 34.8 Å². The molecule has 0 bridgehead atoms. The summed E-state index contributed by atoms with van der Waals surface area (Å²) < 4.78 is 50.8. The van der Waals surface area contributed by atoms with E-state index < -0.39 is 11.6 Å². The number of hydrogen-bond donors (Lipinski definition) is 1. The Morgan fingerprint density at radius 3 is 0.919 bits per heavy atom. The molecule has 1 N–H and O–H groups in total. The van der Waals surface area contributed by atoms with E-state index in [4.69, 9.17) is 34.8 Å². The highest BCUT2D eigenvalue weighted by Crippen LogP contribution is 2.24. The molecule has 0 amide bonds. The number of para-hydroxylation sites is 1. The van der Waals surface area contributed by atoms with E-state index in [1.54, 1.807) is 18.2 Å². The molecule has 0 unspecified atom stereocenters. The third-order valence-electron chi connectivity index (χ3n) is 20.6. The fourth-order valence-corrected chi connectivity index (χ4v) is 14.9. The summed E-state index contributed by atoms with van der Waals surface area (Å²) in [4.78, 5) is 3.29. The molecule has 0 spiro atoms. The van der Waals surface area contributed by atoms with Crippen molar-refractivity contribution in [3.8, 4) is 0 Å². The lowest BCUT2D eigenvalue weighted by Gasteiger charge is -2.05. The van der Waals surface area contributed by atoms with Crippen LogP contribution < -0.4 is 0 Å². The largest absolute Gasteiger partial charge is 0.361 e. The van der Waals surface area contributed by atoms with Gasteiger partial charge in [-0.3, -0.25) is 0 Å². The number of nitrogens with one attached hydrogen (secondary N) is 1. The Bertz CT molecular complexity index is 4580. The molecule has 750 valence electrons. The molecule has 136 heavy (non-hydrogen) atoms. The quantitative estimate of drug-likeness (QED) is 0.0549. The first-order chi connectivity index (χ1) is 63.9. The number of rotatable bonds is 25. The maximum atomic E-state index is 12.9. The van der Waals surface area contributed by atoms with Gasteiger partial charge in [0, 0.05) is 38.2 Å². The van der Waals surface area contributed by atoms with Crippen molar-refractivity contribution in [2.75, 3.05) is 0 Å². The summed E-state index contributed by atoms with van der Waals surface area (Å²) in [5, 5.41) is 3.91. The zero-order valence-electron chi connectivity index (χ0n) is 90.8. The van der Waals surface area contributed by atoms with E-state index in [1.165, 1.54) is 128 Å². The molecule has 0 atom stereocenters. The van der Waals surface area contributed by atoms with Crippen LogP contribution in [0.2, 0.25) is 15.1 Å². The summed E-state index contributed by atoms with van der Waals surface area (Å²) >= 11 is 17.5. The fraction of sp³-hybridized carbons (Fsp3) is 0.469. The Morgan fingerprint density at radius 2 is 0.537 bits per heavy atom. The second-order valence-electron chi connectivity index (χ2n) is 42.7. The predicted molar refractivity (Wildman–Crippen MR) is 600 cm³/mol. The Kier molecular flexibility index (Phi) is 69.9. The molecule has 0 aliphatic carbocycles. The SMILES string of the molecule is CC(C)C(C)C.CC(C)CC(C)C.CC(C)Cc1c[nH]c2ccccc12.CC(C)Cc1cc(F)cc(F)c1.CC(C)Cc1ccc(Cl)cc1.CC(C)Cc1cccc(Cl)c1.CC(C)Cc1cccc(F)c1.CC(C)Cc1ccccc1.CC(C)Cc1ccccc1Cl.CC(C)Cc1ccccc1F.Cc1ccc(CC(C)C)cc1.Cc1cccc(CC(C)C)c1.Cc1cccc(CC(C)C)c1. The van der Waals surface area contributed by atoms with Crippen molar-refractivity contribution in [3.63, 3.8) is 0 Å². The van der Waals surface area contributed by atoms with E-state index in [1.807, 2.05) is 80.6 Å². The summed E-state index contributed by atoms with van der Waals surface area (Å²) in [7, 11) is 0. The molecule has 0 radical (unpaired) electrons. The van der Waals surface area contributed by atoms with Gasteiger partial charge in [0.1, 0.15) is 23.3 Å². The van der Waals surface area contributed by atoms with Gasteiger partial charge in [-0.1, -0.05) is 453 Å². The smallest absolute Gasteiger partial charge is 0.126 e. The van der Waals surface area contributed by atoms with Gasteiger partial charge >= 0.3 is 0 Å². The second kappa shape index (κ2) is 74.6. The predicted octanol–water partition coefficient (Wildman–Crippen LogP) is 40.6. The number of halogens is 7. The monoisotopic (exact) mass is 1920 g/mol. The van der Waals surface area contributed by atoms with Crippen molar-refractivity contribution in [2.24, 2.45) is 88.8 Å². The van der Waals surface area contributed by atoms with E-state index in [2.05, 4.69) is 377 Å². The van der Waals surface area contributed by atoms with Gasteiger partial charge in [-0.2, -0.15) is 0 Å². The molecule has 12 aromatic rings. The van der Waals surface area contributed by atoms with Crippen LogP contribution in [0.5, 0.6) is 0 Å². The lowest BCUT2D eigenvalue weighted by molar-refractivity contribution is 0.457. The molecule has 0 saturated heterocycles. The van der Waals surface area contributed by atoms with Gasteiger partial charge in [0.2, 0.25) is 0 Å². The first kappa shape index (κ1) is 128. The maximum absolute atomic E-state index is 12.9. The number of aromatic nitrogens is 1. The molecule has 1 aromatic heterocycles. The first-order valence-corrected chi connectivity index (χ1v) is 51.9. The van der Waals surface area contributed by atoms with Crippen LogP contribution in [0.1, 0.15) is 292 Å². The highest BCUT2D eigenvalue weighted by atomic mass is 35.5. The fourth-order valence-electron chi connectivity index (χ4n) is 14.4. The van der Waals surface area contributed by atoms with Crippen LogP contribution in [0, 0.1) is 133 Å². The molecule has 0 aliphatic heterocycles. The molecule has 11 aromatic carbocycles. The molecule has 1 nitrogen and oxygen atoms in total. The molecule has 1 heterocycles. The topological polar surface area (TPSA) is 15.8 Å². The first-order valence-electron chi connectivity index (χ1n) is 50.8. The van der Waals surface area contributed by atoms with Crippen molar-refractivity contribution in [3.05, 3.63) is 389 Å². The van der Waals surface area contributed by atoms with Gasteiger partial charge in [-0.25, -0.2) is 17.6 Å². The number of aromatic amines is 1. The molecule has 0 fully saturated rings. The minimum absolute atomic E-state index is 0.0822. The highest BCUT2D eigenvalue weighted by Gasteiger charge is 2.09. The van der Waals surface area contributed by atoms with Crippen molar-refractivity contribution < 1.29 is 17.6 Å². The van der Waals surface area contributed by atoms with Crippen molar-refractivity contribution in [1.29, 1.82) is 0 Å². The van der Waals surface area contributed by atoms with E-state index in [0.717, 1.165) is 136 Å². The standard InChI is InChI=1S/C12H15N.3C11H16.3C10H13Cl.C10H12F2.2C10H13F.C10H14.C7H16.C6H14/c1-9(2)7-10-8-13-12-6-4-3-5-11(10)12;1-9(2)8-11-6-4-10(3)5-7-11;2*1-9(2)7-11-6-4-5-10(3)8-11;1-8(2)7-9-3-5-10(11)6-4-9;1-8(2)6-9-4-3-5-10(11)7-9;1-8(2)7-9-5-3-4-6-10(9)11;1-7(2)3-8-4-9(11)6-10(12)5-8;1-8(2)6-9-4-3-5-10(11)7-9;1-8(2)7-9-5-3-4-6-10(9)11;1-9(2)8-10-6-4-3-5-7-10;1-6(2)5-7(3)4;1-5(2)6(3)4/h3-6,8-9,13H,7H2,1-2H3;4-7,9H,8H2,1-3H3;2*4-6,8-9H,7H2,1-3H3;3-6,8H,7H2,1-2H3;3-5,7-8H,6H2,1-2H3;3-6,8H,7H2,1-2H3;4-7H,3H2,1-2H3;3-5,7-8H,6H2,1-2H3;3-6,8H,7H2,1-2H3;3-7,9H,8H2,1-2H3;6-7H,5H2,1-4H3;5-6H,1-4H3. The zero-order valence-corrected chi connectivity index (χ0v) is 93.0. The maximum Gasteiger partial charge on any atom is 0.126 e. The Balaban J connectivity index is 0.00000146. The highest BCUT2D eigenvalue weighted by molar-refractivity contribution is 6.31. The van der Waals surface area contributed by atoms with Crippen molar-refractivity contribution in [1.82, 2.24) is 4.98 Å². The van der Waals surface area contributed by atoms with Crippen LogP contribution in [0.3, 0.4) is 0 Å². The van der Waals surface area contributed by atoms with E-state index >= 15 is 0 Å². The zero-order chi connectivity index (χ0) is 103. The van der Waals surface area contributed by atoms with Gasteiger partial charge in [0.15, 0.2) is 0 Å². The Morgan fingerprint density at radius 1 is 0.221 bits per heavy atom. The summed E-state index contributed by atoms with van der Waals surface area (Å²) in [5.41, 5.74) is 19.1. The second-order valence-corrected chi connectivity index (χ2v) is 44.0. The number of aryl methyl sites for hydroxylation is 3. The van der Waals surface area contributed by atoms with Gasteiger partial charge in [0.25, 0.3) is 0 Å². The molecule has 0 saturated carbocycles.